The highest BCUT2D eigenvalue weighted by atomic mass is 16.5. The third kappa shape index (κ3) is 4.66. The minimum Gasteiger partial charge on any atom is -0.497 e. The number of nitrogens with one attached hydrogen (secondary N) is 1. The fraction of sp³-hybridized carbons (Fsp3) is 0.385. The van der Waals surface area contributed by atoms with Gasteiger partial charge in [0.15, 0.2) is 0 Å². The van der Waals surface area contributed by atoms with Gasteiger partial charge in [0.1, 0.15) is 5.75 Å². The van der Waals surface area contributed by atoms with Crippen LogP contribution in [0.2, 0.25) is 0 Å². The van der Waals surface area contributed by atoms with Crippen LogP contribution in [-0.4, -0.2) is 19.7 Å². The molecule has 0 aromatic heterocycles. The molecule has 0 fully saturated rings. The summed E-state index contributed by atoms with van der Waals surface area (Å²) in [6.45, 7) is 5.19. The van der Waals surface area contributed by atoms with Crippen molar-refractivity contribution in [2.75, 3.05) is 13.7 Å². The first-order valence-corrected chi connectivity index (χ1v) is 5.26. The minimum absolute atomic E-state index is 0.533. The number of benzene rings is 1. The average Bonchev–Trinajstić information content (AvgIpc) is 2.25. The van der Waals surface area contributed by atoms with Crippen LogP contribution in [0.4, 0.5) is 0 Å². The van der Waals surface area contributed by atoms with Gasteiger partial charge in [-0.2, -0.15) is 0 Å². The Morgan fingerprint density at radius 2 is 1.93 bits per heavy atom. The molecule has 0 aliphatic rings. The van der Waals surface area contributed by atoms with Crippen LogP contribution in [-0.2, 0) is 0 Å². The van der Waals surface area contributed by atoms with E-state index in [-0.39, 0.29) is 0 Å². The lowest BCUT2D eigenvalue weighted by molar-refractivity contribution is 0.415. The molecule has 1 aromatic carbocycles. The first kappa shape index (κ1) is 11.8. The Labute approximate surface area is 92.0 Å². The SMILES string of the molecule is COc1ccc(/C=C/CNC(C)C)cc1. The minimum atomic E-state index is 0.533. The van der Waals surface area contributed by atoms with Crippen molar-refractivity contribution in [3.8, 4) is 5.75 Å². The molecule has 0 saturated heterocycles. The average molecular weight is 205 g/mol. The molecule has 15 heavy (non-hydrogen) atoms. The fourth-order valence-electron chi connectivity index (χ4n) is 1.21. The van der Waals surface area contributed by atoms with Crippen LogP contribution in [0.5, 0.6) is 5.75 Å². The van der Waals surface area contributed by atoms with Crippen molar-refractivity contribution in [3.63, 3.8) is 0 Å². The Morgan fingerprint density at radius 1 is 1.27 bits per heavy atom. The third-order valence-corrected chi connectivity index (χ3v) is 2.07. The molecule has 0 unspecified atom stereocenters. The summed E-state index contributed by atoms with van der Waals surface area (Å²) >= 11 is 0. The quantitative estimate of drug-likeness (QED) is 0.798. The molecule has 2 nitrogen and oxygen atoms in total. The second kappa shape index (κ2) is 6.25. The van der Waals surface area contributed by atoms with E-state index in [2.05, 4.69) is 31.3 Å². The summed E-state index contributed by atoms with van der Waals surface area (Å²) in [5, 5.41) is 3.33. The number of hydrogen-bond acceptors (Lipinski definition) is 2. The lowest BCUT2D eigenvalue weighted by atomic mass is 10.2. The van der Waals surface area contributed by atoms with Gasteiger partial charge in [0.2, 0.25) is 0 Å². The van der Waals surface area contributed by atoms with Gasteiger partial charge in [0.05, 0.1) is 7.11 Å². The normalized spacial score (nSPS) is 11.2. The summed E-state index contributed by atoms with van der Waals surface area (Å²) in [6, 6.07) is 8.56. The molecule has 1 aromatic rings. The summed E-state index contributed by atoms with van der Waals surface area (Å²) in [6.07, 6.45) is 4.23. The monoisotopic (exact) mass is 205 g/mol. The predicted octanol–water partition coefficient (Wildman–Crippen LogP) is 2.71. The van der Waals surface area contributed by atoms with E-state index < -0.39 is 0 Å². The first-order chi connectivity index (χ1) is 7.22. The second-order valence-electron chi connectivity index (χ2n) is 3.74. The first-order valence-electron chi connectivity index (χ1n) is 5.26. The van der Waals surface area contributed by atoms with E-state index >= 15 is 0 Å². The van der Waals surface area contributed by atoms with E-state index in [9.17, 15) is 0 Å². The van der Waals surface area contributed by atoms with Gasteiger partial charge >= 0.3 is 0 Å². The van der Waals surface area contributed by atoms with Gasteiger partial charge in [-0.05, 0) is 17.7 Å². The summed E-state index contributed by atoms with van der Waals surface area (Å²) in [5.41, 5.74) is 1.20. The zero-order chi connectivity index (χ0) is 11.1. The molecular weight excluding hydrogens is 186 g/mol. The largest absolute Gasteiger partial charge is 0.497 e. The van der Waals surface area contributed by atoms with Crippen LogP contribution in [0.1, 0.15) is 19.4 Å². The molecular formula is C13H19NO. The van der Waals surface area contributed by atoms with Crippen LogP contribution in [0.3, 0.4) is 0 Å². The third-order valence-electron chi connectivity index (χ3n) is 2.07. The van der Waals surface area contributed by atoms with Crippen LogP contribution < -0.4 is 10.1 Å². The summed E-state index contributed by atoms with van der Waals surface area (Å²) < 4.78 is 5.09. The van der Waals surface area contributed by atoms with Gasteiger partial charge in [-0.15, -0.1) is 0 Å². The smallest absolute Gasteiger partial charge is 0.118 e. The molecule has 82 valence electrons. The van der Waals surface area contributed by atoms with Crippen LogP contribution in [0.15, 0.2) is 30.3 Å². The molecule has 1 N–H and O–H groups in total. The molecule has 0 saturated carbocycles. The van der Waals surface area contributed by atoms with E-state index in [0.29, 0.717) is 6.04 Å². The van der Waals surface area contributed by atoms with E-state index in [0.717, 1.165) is 12.3 Å². The number of hydrogen-bond donors (Lipinski definition) is 1. The van der Waals surface area contributed by atoms with Crippen LogP contribution in [0.25, 0.3) is 6.08 Å². The topological polar surface area (TPSA) is 21.3 Å². The summed E-state index contributed by atoms with van der Waals surface area (Å²) in [4.78, 5) is 0. The Bertz CT molecular complexity index is 301. The molecule has 0 aliphatic carbocycles. The maximum Gasteiger partial charge on any atom is 0.118 e. The molecule has 0 aliphatic heterocycles. The highest BCUT2D eigenvalue weighted by Gasteiger charge is 1.90. The van der Waals surface area contributed by atoms with Crippen molar-refractivity contribution in [2.45, 2.75) is 19.9 Å². The van der Waals surface area contributed by atoms with E-state index in [1.807, 2.05) is 24.3 Å². The molecule has 1 rings (SSSR count). The molecule has 0 bridgehead atoms. The number of methoxy groups -OCH3 is 1. The lowest BCUT2D eigenvalue weighted by Crippen LogP contribution is -2.22. The van der Waals surface area contributed by atoms with Crippen molar-refractivity contribution in [1.82, 2.24) is 5.32 Å². The van der Waals surface area contributed by atoms with Crippen molar-refractivity contribution in [3.05, 3.63) is 35.9 Å². The molecule has 0 atom stereocenters. The van der Waals surface area contributed by atoms with Crippen molar-refractivity contribution >= 4 is 6.08 Å². The predicted molar refractivity (Wildman–Crippen MR) is 65.2 cm³/mol. The summed E-state index contributed by atoms with van der Waals surface area (Å²) in [5.74, 6) is 0.896. The van der Waals surface area contributed by atoms with E-state index in [1.165, 1.54) is 5.56 Å². The summed E-state index contributed by atoms with van der Waals surface area (Å²) in [7, 11) is 1.68. The van der Waals surface area contributed by atoms with Gasteiger partial charge in [-0.3, -0.25) is 0 Å². The number of ether oxygens (including phenoxy) is 1. The van der Waals surface area contributed by atoms with E-state index in [1.54, 1.807) is 7.11 Å². The Morgan fingerprint density at radius 3 is 2.47 bits per heavy atom. The zero-order valence-electron chi connectivity index (χ0n) is 9.66. The highest BCUT2D eigenvalue weighted by molar-refractivity contribution is 5.50. The fourth-order valence-corrected chi connectivity index (χ4v) is 1.21. The van der Waals surface area contributed by atoms with Gasteiger partial charge in [-0.1, -0.05) is 38.1 Å². The molecule has 0 heterocycles. The van der Waals surface area contributed by atoms with Crippen molar-refractivity contribution in [1.29, 1.82) is 0 Å². The van der Waals surface area contributed by atoms with E-state index in [4.69, 9.17) is 4.74 Å². The van der Waals surface area contributed by atoms with Crippen LogP contribution >= 0.6 is 0 Å². The maximum atomic E-state index is 5.09. The lowest BCUT2D eigenvalue weighted by Gasteiger charge is -2.03. The van der Waals surface area contributed by atoms with Gasteiger partial charge in [0.25, 0.3) is 0 Å². The second-order valence-corrected chi connectivity index (χ2v) is 3.74. The Hall–Kier alpha value is -1.28. The molecule has 0 amide bonds. The van der Waals surface area contributed by atoms with Crippen molar-refractivity contribution < 1.29 is 4.74 Å². The Balaban J connectivity index is 2.43. The molecule has 0 radical (unpaired) electrons. The molecule has 0 spiro atoms. The highest BCUT2D eigenvalue weighted by Crippen LogP contribution is 2.11. The zero-order valence-corrected chi connectivity index (χ0v) is 9.66. The van der Waals surface area contributed by atoms with Crippen LogP contribution in [0, 0.1) is 0 Å². The van der Waals surface area contributed by atoms with Gasteiger partial charge in [-0.25, -0.2) is 0 Å². The number of rotatable bonds is 5. The van der Waals surface area contributed by atoms with Gasteiger partial charge in [0, 0.05) is 12.6 Å². The Kier molecular flexibility index (Phi) is 4.91. The molecule has 2 heteroatoms. The maximum absolute atomic E-state index is 5.09. The van der Waals surface area contributed by atoms with Gasteiger partial charge < -0.3 is 10.1 Å². The standard InChI is InChI=1S/C13H19NO/c1-11(2)14-10-4-5-12-6-8-13(15-3)9-7-12/h4-9,11,14H,10H2,1-3H3/b5-4+. The van der Waals surface area contributed by atoms with Crippen molar-refractivity contribution in [2.24, 2.45) is 0 Å².